The third-order valence-corrected chi connectivity index (χ3v) is 3.17. The quantitative estimate of drug-likeness (QED) is 0.809. The fraction of sp³-hybridized carbons (Fsp3) is 0. The number of benzene rings is 2. The highest BCUT2D eigenvalue weighted by atomic mass is 79.9. The maximum Gasteiger partial charge on any atom is 0.257 e. The molecule has 1 amide bonds. The van der Waals surface area contributed by atoms with Crippen molar-refractivity contribution in [2.45, 2.75) is 0 Å². The number of halogens is 2. The molecule has 20 heavy (non-hydrogen) atoms. The predicted octanol–water partition coefficient (Wildman–Crippen LogP) is 3.72. The van der Waals surface area contributed by atoms with Crippen molar-refractivity contribution in [2.75, 3.05) is 5.32 Å². The molecule has 0 radical (unpaired) electrons. The molecule has 0 aliphatic rings. The summed E-state index contributed by atoms with van der Waals surface area (Å²) in [5.41, 5.74) is 1.10. The summed E-state index contributed by atoms with van der Waals surface area (Å²) in [6.45, 7) is 0. The van der Waals surface area contributed by atoms with E-state index in [0.29, 0.717) is 5.56 Å². The van der Waals surface area contributed by atoms with Crippen molar-refractivity contribution < 1.29 is 9.18 Å². The number of anilines is 1. The lowest BCUT2D eigenvalue weighted by atomic mass is 10.2. The second-order valence-electron chi connectivity index (χ2n) is 3.92. The van der Waals surface area contributed by atoms with Crippen LogP contribution in [0.5, 0.6) is 0 Å². The van der Waals surface area contributed by atoms with Crippen LogP contribution in [0.3, 0.4) is 0 Å². The molecular formula is C14H10BrFN2OS. The van der Waals surface area contributed by atoms with Gasteiger partial charge in [-0.05, 0) is 60.7 Å². The molecule has 0 unspecified atom stereocenters. The largest absolute Gasteiger partial charge is 0.332 e. The van der Waals surface area contributed by atoms with Crippen LogP contribution in [-0.4, -0.2) is 11.0 Å². The van der Waals surface area contributed by atoms with Crippen molar-refractivity contribution in [1.29, 1.82) is 0 Å². The van der Waals surface area contributed by atoms with E-state index >= 15 is 0 Å². The lowest BCUT2D eigenvalue weighted by Gasteiger charge is -2.09. The van der Waals surface area contributed by atoms with Gasteiger partial charge in [0, 0.05) is 15.7 Å². The van der Waals surface area contributed by atoms with Crippen molar-refractivity contribution in [2.24, 2.45) is 0 Å². The van der Waals surface area contributed by atoms with Crippen molar-refractivity contribution in [3.8, 4) is 0 Å². The normalized spacial score (nSPS) is 9.90. The Morgan fingerprint density at radius 1 is 1.05 bits per heavy atom. The van der Waals surface area contributed by atoms with Crippen LogP contribution >= 0.6 is 28.1 Å². The molecule has 0 saturated carbocycles. The molecule has 0 spiro atoms. The van der Waals surface area contributed by atoms with E-state index < -0.39 is 5.82 Å². The molecule has 6 heteroatoms. The highest BCUT2D eigenvalue weighted by Crippen LogP contribution is 2.14. The molecule has 3 nitrogen and oxygen atoms in total. The molecule has 2 aromatic carbocycles. The Bertz CT molecular complexity index is 629. The van der Waals surface area contributed by atoms with Gasteiger partial charge in [-0.3, -0.25) is 10.1 Å². The van der Waals surface area contributed by atoms with Crippen LogP contribution in [0.2, 0.25) is 0 Å². The van der Waals surface area contributed by atoms with E-state index in [-0.39, 0.29) is 11.0 Å². The highest BCUT2D eigenvalue weighted by Gasteiger charge is 2.07. The van der Waals surface area contributed by atoms with Crippen LogP contribution in [-0.2, 0) is 0 Å². The minimum absolute atomic E-state index is 0.182. The molecule has 0 atom stereocenters. The van der Waals surface area contributed by atoms with Crippen molar-refractivity contribution in [3.05, 3.63) is 64.4 Å². The summed E-state index contributed by atoms with van der Waals surface area (Å²) in [5, 5.41) is 5.59. The Kier molecular flexibility index (Phi) is 4.81. The van der Waals surface area contributed by atoms with Crippen molar-refractivity contribution in [1.82, 2.24) is 5.32 Å². The Morgan fingerprint density at radius 3 is 2.25 bits per heavy atom. The number of amides is 1. The molecule has 2 rings (SSSR count). The van der Waals surface area contributed by atoms with Gasteiger partial charge in [0.15, 0.2) is 5.11 Å². The summed E-state index contributed by atoms with van der Waals surface area (Å²) in [5.74, 6) is -0.781. The first-order valence-corrected chi connectivity index (χ1v) is 6.88. The maximum atomic E-state index is 12.8. The van der Waals surface area contributed by atoms with Crippen molar-refractivity contribution >= 4 is 44.9 Å². The van der Waals surface area contributed by atoms with E-state index in [4.69, 9.17) is 12.2 Å². The zero-order valence-electron chi connectivity index (χ0n) is 10.2. The number of nitrogens with one attached hydrogen (secondary N) is 2. The van der Waals surface area contributed by atoms with E-state index in [0.717, 1.165) is 10.2 Å². The minimum atomic E-state index is -0.392. The molecule has 2 aromatic rings. The summed E-state index contributed by atoms with van der Waals surface area (Å²) in [6.07, 6.45) is 0. The second kappa shape index (κ2) is 6.58. The first-order valence-electron chi connectivity index (χ1n) is 5.68. The number of rotatable bonds is 2. The third-order valence-electron chi connectivity index (χ3n) is 2.44. The van der Waals surface area contributed by atoms with E-state index in [1.165, 1.54) is 24.3 Å². The van der Waals surface area contributed by atoms with Crippen LogP contribution < -0.4 is 10.6 Å². The fourth-order valence-electron chi connectivity index (χ4n) is 1.47. The second-order valence-corrected chi connectivity index (χ2v) is 5.25. The highest BCUT2D eigenvalue weighted by molar-refractivity contribution is 9.10. The number of hydrogen-bond acceptors (Lipinski definition) is 2. The summed E-state index contributed by atoms with van der Waals surface area (Å²) in [4.78, 5) is 11.8. The minimum Gasteiger partial charge on any atom is -0.332 e. The van der Waals surface area contributed by atoms with Gasteiger partial charge in [0.05, 0.1) is 0 Å². The lowest BCUT2D eigenvalue weighted by Crippen LogP contribution is -2.34. The van der Waals surface area contributed by atoms with Crippen LogP contribution in [0.25, 0.3) is 0 Å². The summed E-state index contributed by atoms with van der Waals surface area (Å²) in [7, 11) is 0. The molecule has 0 bridgehead atoms. The van der Waals surface area contributed by atoms with Gasteiger partial charge >= 0.3 is 0 Å². The number of carbonyl (C=O) groups is 1. The van der Waals surface area contributed by atoms with E-state index in [1.807, 2.05) is 24.3 Å². The standard InChI is InChI=1S/C14H10BrFN2OS/c15-10-3-7-12(8-4-10)17-14(20)18-13(19)9-1-5-11(16)6-2-9/h1-8H,(H2,17,18,19,20). The Morgan fingerprint density at radius 2 is 1.65 bits per heavy atom. The van der Waals surface area contributed by atoms with Gasteiger partial charge in [0.2, 0.25) is 0 Å². The predicted molar refractivity (Wildman–Crippen MR) is 84.2 cm³/mol. The number of hydrogen-bond donors (Lipinski definition) is 2. The van der Waals surface area contributed by atoms with Crippen molar-refractivity contribution in [3.63, 3.8) is 0 Å². The van der Waals surface area contributed by atoms with Crippen LogP contribution in [0, 0.1) is 5.82 Å². The summed E-state index contributed by atoms with van der Waals surface area (Å²) in [6, 6.07) is 12.6. The van der Waals surface area contributed by atoms with E-state index in [1.54, 1.807) is 0 Å². The molecule has 0 aliphatic carbocycles. The Labute approximate surface area is 129 Å². The molecule has 0 aromatic heterocycles. The molecular weight excluding hydrogens is 343 g/mol. The monoisotopic (exact) mass is 352 g/mol. The number of thiocarbonyl (C=S) groups is 1. The van der Waals surface area contributed by atoms with Crippen LogP contribution in [0.15, 0.2) is 53.0 Å². The van der Waals surface area contributed by atoms with Gasteiger partial charge in [-0.1, -0.05) is 15.9 Å². The SMILES string of the molecule is O=C(NC(=S)Nc1ccc(Br)cc1)c1ccc(F)cc1. The lowest BCUT2D eigenvalue weighted by molar-refractivity contribution is 0.0977. The first kappa shape index (κ1) is 14.6. The van der Waals surface area contributed by atoms with Gasteiger partial charge in [-0.2, -0.15) is 0 Å². The Hall–Kier alpha value is -1.79. The molecule has 0 heterocycles. The molecule has 102 valence electrons. The Balaban J connectivity index is 1.95. The summed E-state index contributed by atoms with van der Waals surface area (Å²) >= 11 is 8.37. The third kappa shape index (κ3) is 4.11. The number of carbonyl (C=O) groups excluding carboxylic acids is 1. The van der Waals surface area contributed by atoms with Crippen LogP contribution in [0.1, 0.15) is 10.4 Å². The smallest absolute Gasteiger partial charge is 0.257 e. The molecule has 0 aliphatic heterocycles. The van der Waals surface area contributed by atoms with E-state index in [2.05, 4.69) is 26.6 Å². The molecule has 2 N–H and O–H groups in total. The zero-order valence-corrected chi connectivity index (χ0v) is 12.6. The van der Waals surface area contributed by atoms with Gasteiger partial charge in [0.25, 0.3) is 5.91 Å². The molecule has 0 fully saturated rings. The van der Waals surface area contributed by atoms with Gasteiger partial charge in [0.1, 0.15) is 5.82 Å². The zero-order chi connectivity index (χ0) is 14.5. The van der Waals surface area contributed by atoms with Gasteiger partial charge in [-0.15, -0.1) is 0 Å². The topological polar surface area (TPSA) is 41.1 Å². The fourth-order valence-corrected chi connectivity index (χ4v) is 1.95. The van der Waals surface area contributed by atoms with E-state index in [9.17, 15) is 9.18 Å². The summed E-state index contributed by atoms with van der Waals surface area (Å²) < 4.78 is 13.7. The maximum absolute atomic E-state index is 12.8. The first-order chi connectivity index (χ1) is 9.54. The van der Waals surface area contributed by atoms with Gasteiger partial charge < -0.3 is 5.32 Å². The average molecular weight is 353 g/mol. The average Bonchev–Trinajstić information content (AvgIpc) is 2.42. The molecule has 0 saturated heterocycles. The van der Waals surface area contributed by atoms with Crippen LogP contribution in [0.4, 0.5) is 10.1 Å². The van der Waals surface area contributed by atoms with Gasteiger partial charge in [-0.25, -0.2) is 4.39 Å².